The molecule has 1 unspecified atom stereocenters. The van der Waals surface area contributed by atoms with Gasteiger partial charge in [-0.05, 0) is 24.3 Å². The maximum absolute atomic E-state index is 12.3. The molecule has 8 heteroatoms. The van der Waals surface area contributed by atoms with Crippen LogP contribution >= 0.6 is 22.9 Å². The predicted molar refractivity (Wildman–Crippen MR) is 88.7 cm³/mol. The second-order valence-corrected chi connectivity index (χ2v) is 6.55. The van der Waals surface area contributed by atoms with Crippen LogP contribution in [0.25, 0.3) is 0 Å². The first kappa shape index (κ1) is 16.3. The lowest BCUT2D eigenvalue weighted by atomic mass is 10.1. The monoisotopic (exact) mass is 362 g/mol. The van der Waals surface area contributed by atoms with E-state index in [0.717, 1.165) is 4.88 Å². The van der Waals surface area contributed by atoms with Gasteiger partial charge in [0.15, 0.2) is 11.5 Å². The minimum Gasteiger partial charge on any atom is -0.493 e. The van der Waals surface area contributed by atoms with E-state index in [-0.39, 0.29) is 5.75 Å². The van der Waals surface area contributed by atoms with Crippen molar-refractivity contribution in [3.05, 3.63) is 45.1 Å². The molecule has 1 atom stereocenters. The van der Waals surface area contributed by atoms with E-state index in [1.54, 1.807) is 6.07 Å². The molecule has 6 nitrogen and oxygen atoms in total. The van der Waals surface area contributed by atoms with Gasteiger partial charge in [0.05, 0.1) is 28.0 Å². The van der Waals surface area contributed by atoms with Crippen LogP contribution in [0.3, 0.4) is 0 Å². The van der Waals surface area contributed by atoms with Crippen LogP contribution in [-0.2, 0) is 9.63 Å². The average molecular weight is 363 g/mol. The molecule has 0 amide bonds. The maximum Gasteiger partial charge on any atom is 0.356 e. The summed E-state index contributed by atoms with van der Waals surface area (Å²) in [4.78, 5) is 18.3. The van der Waals surface area contributed by atoms with Gasteiger partial charge in [-0.2, -0.15) is 5.26 Å². The van der Waals surface area contributed by atoms with Gasteiger partial charge in [-0.25, -0.2) is 4.79 Å². The Morgan fingerprint density at radius 1 is 1.42 bits per heavy atom. The summed E-state index contributed by atoms with van der Waals surface area (Å²) in [6.45, 7) is 0. The van der Waals surface area contributed by atoms with Gasteiger partial charge in [-0.15, -0.1) is 11.3 Å². The molecule has 1 aromatic heterocycles. The van der Waals surface area contributed by atoms with Crippen molar-refractivity contribution in [2.45, 2.75) is 12.5 Å². The number of nitrogens with zero attached hydrogens (tertiary/aromatic N) is 2. The Morgan fingerprint density at radius 2 is 2.25 bits per heavy atom. The number of nitriles is 1. The topological polar surface area (TPSA) is 80.9 Å². The molecule has 0 fully saturated rings. The number of carbonyl (C=O) groups excluding carboxylic acids is 1. The second-order valence-electron chi connectivity index (χ2n) is 4.84. The summed E-state index contributed by atoms with van der Waals surface area (Å²) in [6.07, 6.45) is -0.532. The van der Waals surface area contributed by atoms with E-state index < -0.39 is 12.1 Å². The van der Waals surface area contributed by atoms with E-state index in [9.17, 15) is 4.79 Å². The number of rotatable bonds is 4. The maximum atomic E-state index is 12.3. The normalized spacial score (nSPS) is 16.0. The van der Waals surface area contributed by atoms with Gasteiger partial charge >= 0.3 is 5.97 Å². The fourth-order valence-electron chi connectivity index (χ4n) is 2.11. The van der Waals surface area contributed by atoms with Crippen molar-refractivity contribution >= 4 is 34.6 Å². The molecule has 0 N–H and O–H groups in total. The summed E-state index contributed by atoms with van der Waals surface area (Å²) < 4.78 is 11.1. The Kier molecular flexibility index (Phi) is 4.69. The summed E-state index contributed by atoms with van der Waals surface area (Å²) >= 11 is 7.26. The Bertz CT molecular complexity index is 856. The molecule has 1 aromatic carbocycles. The molecule has 0 saturated carbocycles. The van der Waals surface area contributed by atoms with Crippen molar-refractivity contribution in [3.8, 4) is 17.6 Å². The fraction of sp³-hybridized carbons (Fsp3) is 0.188. The summed E-state index contributed by atoms with van der Waals surface area (Å²) in [5, 5.41) is 12.8. The number of methoxy groups -OCH3 is 1. The summed E-state index contributed by atoms with van der Waals surface area (Å²) in [7, 11) is 1.43. The highest BCUT2D eigenvalue weighted by molar-refractivity contribution is 7.18. The SMILES string of the molecule is COc1cc(C#N)ccc1OC(=O)C1CC(c2ccc(Cl)s2)=NO1. The molecular formula is C16H11ClN2O4S. The number of carbonyl (C=O) groups is 1. The Balaban J connectivity index is 1.68. The number of oxime groups is 1. The molecule has 2 aromatic rings. The molecule has 0 spiro atoms. The lowest BCUT2D eigenvalue weighted by molar-refractivity contribution is -0.145. The van der Waals surface area contributed by atoms with E-state index in [4.69, 9.17) is 31.2 Å². The second kappa shape index (κ2) is 6.91. The largest absolute Gasteiger partial charge is 0.493 e. The molecule has 122 valence electrons. The average Bonchev–Trinajstić information content (AvgIpc) is 3.24. The fourth-order valence-corrected chi connectivity index (χ4v) is 3.15. The van der Waals surface area contributed by atoms with Crippen molar-refractivity contribution in [1.29, 1.82) is 5.26 Å². The Labute approximate surface area is 146 Å². The third-order valence-corrected chi connectivity index (χ3v) is 4.57. The first-order chi connectivity index (χ1) is 11.6. The Hall–Kier alpha value is -2.56. The van der Waals surface area contributed by atoms with Crippen LogP contribution < -0.4 is 9.47 Å². The first-order valence-corrected chi connectivity index (χ1v) is 8.08. The number of esters is 1. The highest BCUT2D eigenvalue weighted by Crippen LogP contribution is 2.30. The molecule has 0 radical (unpaired) electrons. The zero-order valence-corrected chi connectivity index (χ0v) is 14.1. The predicted octanol–water partition coefficient (Wildman–Crippen LogP) is 3.38. The van der Waals surface area contributed by atoms with Crippen molar-refractivity contribution < 1.29 is 19.1 Å². The number of hydrogen-bond acceptors (Lipinski definition) is 7. The van der Waals surface area contributed by atoms with Gasteiger partial charge in [-0.1, -0.05) is 16.8 Å². The van der Waals surface area contributed by atoms with Gasteiger partial charge in [0, 0.05) is 12.5 Å². The van der Waals surface area contributed by atoms with Gasteiger partial charge in [0.25, 0.3) is 0 Å². The van der Waals surface area contributed by atoms with E-state index in [0.29, 0.717) is 27.8 Å². The minimum absolute atomic E-state index is 0.220. The van der Waals surface area contributed by atoms with Gasteiger partial charge in [-0.3, -0.25) is 0 Å². The van der Waals surface area contributed by atoms with Crippen molar-refractivity contribution in [3.63, 3.8) is 0 Å². The van der Waals surface area contributed by atoms with Crippen LogP contribution in [0, 0.1) is 11.3 Å². The quantitative estimate of drug-likeness (QED) is 0.615. The van der Waals surface area contributed by atoms with Crippen LogP contribution in [-0.4, -0.2) is 24.9 Å². The highest BCUT2D eigenvalue weighted by Gasteiger charge is 2.31. The lowest BCUT2D eigenvalue weighted by Gasteiger charge is -2.11. The summed E-state index contributed by atoms with van der Waals surface area (Å²) in [5.74, 6) is -0.0660. The van der Waals surface area contributed by atoms with Crippen molar-refractivity contribution in [2.24, 2.45) is 5.16 Å². The van der Waals surface area contributed by atoms with Crippen LogP contribution in [0.15, 0.2) is 35.5 Å². The van der Waals surface area contributed by atoms with Gasteiger partial charge in [0.2, 0.25) is 6.10 Å². The number of ether oxygens (including phenoxy) is 2. The molecular weight excluding hydrogens is 352 g/mol. The number of hydrogen-bond donors (Lipinski definition) is 0. The number of halogens is 1. The number of benzene rings is 1. The zero-order valence-electron chi connectivity index (χ0n) is 12.5. The first-order valence-electron chi connectivity index (χ1n) is 6.89. The van der Waals surface area contributed by atoms with Crippen LogP contribution in [0.5, 0.6) is 11.5 Å². The third-order valence-electron chi connectivity index (χ3n) is 3.29. The van der Waals surface area contributed by atoms with Crippen molar-refractivity contribution in [2.75, 3.05) is 7.11 Å². The standard InChI is InChI=1S/C16H11ClN2O4S/c1-21-12-6-9(8-18)2-3-11(12)22-16(20)13-7-10(19-23-13)14-4-5-15(17)24-14/h2-6,13H,7H2,1H3. The van der Waals surface area contributed by atoms with Crippen LogP contribution in [0.4, 0.5) is 0 Å². The molecule has 1 aliphatic rings. The zero-order chi connectivity index (χ0) is 17.1. The van der Waals surface area contributed by atoms with E-state index in [1.807, 2.05) is 12.1 Å². The Morgan fingerprint density at radius 3 is 2.92 bits per heavy atom. The molecule has 24 heavy (non-hydrogen) atoms. The summed E-state index contributed by atoms with van der Waals surface area (Å²) in [5.41, 5.74) is 1.06. The van der Waals surface area contributed by atoms with Crippen LogP contribution in [0.2, 0.25) is 4.34 Å². The minimum atomic E-state index is -0.832. The van der Waals surface area contributed by atoms with Crippen molar-refractivity contribution in [1.82, 2.24) is 0 Å². The third kappa shape index (κ3) is 3.35. The van der Waals surface area contributed by atoms with E-state index in [2.05, 4.69) is 5.16 Å². The van der Waals surface area contributed by atoms with Crippen LogP contribution in [0.1, 0.15) is 16.9 Å². The molecule has 3 rings (SSSR count). The molecule has 0 bridgehead atoms. The molecule has 0 aliphatic carbocycles. The smallest absolute Gasteiger partial charge is 0.356 e. The van der Waals surface area contributed by atoms with Gasteiger partial charge in [0.1, 0.15) is 5.71 Å². The molecule has 1 aliphatic heterocycles. The van der Waals surface area contributed by atoms with E-state index >= 15 is 0 Å². The summed E-state index contributed by atoms with van der Waals surface area (Å²) in [6, 6.07) is 10.1. The molecule has 2 heterocycles. The molecule has 0 saturated heterocycles. The highest BCUT2D eigenvalue weighted by atomic mass is 35.5. The number of thiophene rings is 1. The van der Waals surface area contributed by atoms with E-state index in [1.165, 1.54) is 36.6 Å². The lowest BCUT2D eigenvalue weighted by Crippen LogP contribution is -2.26. The van der Waals surface area contributed by atoms with Gasteiger partial charge < -0.3 is 14.3 Å².